The van der Waals surface area contributed by atoms with Crippen LogP contribution < -0.4 is 4.72 Å². The Kier molecular flexibility index (Phi) is 6.06. The van der Waals surface area contributed by atoms with Gasteiger partial charge in [-0.25, -0.2) is 8.42 Å². The lowest BCUT2D eigenvalue weighted by Gasteiger charge is -2.00. The Morgan fingerprint density at radius 1 is 1.08 bits per heavy atom. The Morgan fingerprint density at radius 3 is 2.24 bits per heavy atom. The molecule has 0 aliphatic heterocycles. The molecule has 25 heavy (non-hydrogen) atoms. The fraction of sp³-hybridized carbons (Fsp3) is 0.143. The van der Waals surface area contributed by atoms with Gasteiger partial charge in [0.2, 0.25) is 15.9 Å². The SMILES string of the molecule is CS(=O)(=O)Nc1cccnc1.FC(F)c1nnc(-c2cccnc2)o1. The predicted octanol–water partition coefficient (Wildman–Crippen LogP) is 2.52. The highest BCUT2D eigenvalue weighted by Gasteiger charge is 2.16. The number of hydrogen-bond acceptors (Lipinski definition) is 7. The maximum atomic E-state index is 12.1. The van der Waals surface area contributed by atoms with Crippen molar-refractivity contribution in [3.8, 4) is 11.5 Å². The topological polar surface area (TPSA) is 111 Å². The van der Waals surface area contributed by atoms with E-state index in [9.17, 15) is 17.2 Å². The van der Waals surface area contributed by atoms with Gasteiger partial charge in [0.1, 0.15) is 0 Å². The van der Waals surface area contributed by atoms with E-state index >= 15 is 0 Å². The van der Waals surface area contributed by atoms with Gasteiger partial charge >= 0.3 is 6.43 Å². The summed E-state index contributed by atoms with van der Waals surface area (Å²) in [6, 6.07) is 6.60. The van der Waals surface area contributed by atoms with Gasteiger partial charge in [-0.1, -0.05) is 0 Å². The Bertz CT molecular complexity index is 889. The lowest BCUT2D eigenvalue weighted by Crippen LogP contribution is -2.09. The maximum Gasteiger partial charge on any atom is 0.314 e. The molecule has 3 heterocycles. The molecule has 1 N–H and O–H groups in total. The smallest absolute Gasteiger partial charge is 0.314 e. The minimum Gasteiger partial charge on any atom is -0.415 e. The number of sulfonamides is 1. The summed E-state index contributed by atoms with van der Waals surface area (Å²) in [5.41, 5.74) is 1.00. The molecule has 0 aliphatic carbocycles. The molecule has 0 atom stereocenters. The molecule has 3 aromatic rings. The number of nitrogens with one attached hydrogen (secondary N) is 1. The van der Waals surface area contributed by atoms with Gasteiger partial charge in [-0.2, -0.15) is 8.78 Å². The van der Waals surface area contributed by atoms with Gasteiger partial charge in [0, 0.05) is 18.6 Å². The molecule has 132 valence electrons. The molecule has 0 saturated heterocycles. The van der Waals surface area contributed by atoms with E-state index in [-0.39, 0.29) is 5.89 Å². The molecular weight excluding hydrogens is 356 g/mol. The van der Waals surface area contributed by atoms with Crippen LogP contribution in [0.3, 0.4) is 0 Å². The molecule has 0 aliphatic rings. The van der Waals surface area contributed by atoms with Crippen molar-refractivity contribution in [3.05, 3.63) is 54.9 Å². The Hall–Kier alpha value is -2.95. The highest BCUT2D eigenvalue weighted by Crippen LogP contribution is 2.22. The van der Waals surface area contributed by atoms with E-state index in [2.05, 4.69) is 24.9 Å². The Balaban J connectivity index is 0.000000186. The van der Waals surface area contributed by atoms with Gasteiger partial charge in [-0.05, 0) is 24.3 Å². The van der Waals surface area contributed by atoms with Gasteiger partial charge in [0.25, 0.3) is 5.89 Å². The minimum absolute atomic E-state index is 0.0494. The zero-order valence-corrected chi connectivity index (χ0v) is 13.7. The Morgan fingerprint density at radius 2 is 1.76 bits per heavy atom. The second-order valence-corrected chi connectivity index (χ2v) is 6.35. The van der Waals surface area contributed by atoms with Crippen molar-refractivity contribution in [1.29, 1.82) is 0 Å². The average Bonchev–Trinajstić information content (AvgIpc) is 3.06. The van der Waals surface area contributed by atoms with Crippen molar-refractivity contribution < 1.29 is 21.6 Å². The molecule has 0 spiro atoms. The van der Waals surface area contributed by atoms with E-state index in [1.165, 1.54) is 12.4 Å². The number of pyridine rings is 2. The standard InChI is InChI=1S/C8H5F2N3O.C6H8N2O2S/c9-6(10)8-13-12-7(14-8)5-2-1-3-11-4-5;1-11(9,10)8-6-3-2-4-7-5-6/h1-4,6H;2-5,8H,1H3. The number of rotatable bonds is 4. The van der Waals surface area contributed by atoms with Crippen molar-refractivity contribution in [2.75, 3.05) is 11.0 Å². The number of aromatic nitrogens is 4. The molecule has 0 unspecified atom stereocenters. The monoisotopic (exact) mass is 369 g/mol. The second kappa shape index (κ2) is 8.24. The van der Waals surface area contributed by atoms with Crippen LogP contribution in [-0.2, 0) is 10.0 Å². The summed E-state index contributed by atoms with van der Waals surface area (Å²) in [6.07, 6.45) is 4.40. The van der Waals surface area contributed by atoms with Gasteiger partial charge < -0.3 is 4.42 Å². The summed E-state index contributed by atoms with van der Waals surface area (Å²) >= 11 is 0. The highest BCUT2D eigenvalue weighted by molar-refractivity contribution is 7.92. The average molecular weight is 369 g/mol. The van der Waals surface area contributed by atoms with Crippen LogP contribution in [0.2, 0.25) is 0 Å². The second-order valence-electron chi connectivity index (χ2n) is 4.60. The summed E-state index contributed by atoms with van der Waals surface area (Å²) in [6.45, 7) is 0. The number of anilines is 1. The van der Waals surface area contributed by atoms with Gasteiger partial charge in [-0.15, -0.1) is 10.2 Å². The van der Waals surface area contributed by atoms with Gasteiger partial charge in [0.05, 0.1) is 23.7 Å². The molecule has 0 fully saturated rings. The first-order valence-electron chi connectivity index (χ1n) is 6.75. The zero-order valence-electron chi connectivity index (χ0n) is 12.9. The third-order valence-corrected chi connectivity index (χ3v) is 3.11. The first kappa shape index (κ1) is 18.4. The lowest BCUT2D eigenvalue weighted by molar-refractivity contribution is 0.116. The van der Waals surface area contributed by atoms with Crippen LogP contribution in [0.1, 0.15) is 12.3 Å². The van der Waals surface area contributed by atoms with Crippen LogP contribution in [0.5, 0.6) is 0 Å². The number of nitrogens with zero attached hydrogens (tertiary/aromatic N) is 4. The summed E-state index contributed by atoms with van der Waals surface area (Å²) < 4.78 is 52.5. The molecule has 0 radical (unpaired) electrons. The normalized spacial score (nSPS) is 10.9. The van der Waals surface area contributed by atoms with Crippen LogP contribution >= 0.6 is 0 Å². The molecule has 11 heteroatoms. The Labute approximate surface area is 142 Å². The fourth-order valence-electron chi connectivity index (χ4n) is 1.57. The quantitative estimate of drug-likeness (QED) is 0.752. The third kappa shape index (κ3) is 6.22. The third-order valence-electron chi connectivity index (χ3n) is 2.50. The number of hydrogen-bond donors (Lipinski definition) is 1. The van der Waals surface area contributed by atoms with E-state index in [1.807, 2.05) is 0 Å². The van der Waals surface area contributed by atoms with E-state index in [0.29, 0.717) is 11.3 Å². The molecule has 8 nitrogen and oxygen atoms in total. The molecule has 3 aromatic heterocycles. The number of alkyl halides is 2. The van der Waals surface area contributed by atoms with Crippen molar-refractivity contribution in [2.24, 2.45) is 0 Å². The summed E-state index contributed by atoms with van der Waals surface area (Å²) in [5.74, 6) is -0.628. The minimum atomic E-state index is -3.17. The van der Waals surface area contributed by atoms with Crippen LogP contribution in [0.4, 0.5) is 14.5 Å². The van der Waals surface area contributed by atoms with Gasteiger partial charge in [-0.3, -0.25) is 14.7 Å². The first-order valence-corrected chi connectivity index (χ1v) is 8.64. The van der Waals surface area contributed by atoms with Crippen LogP contribution in [0.25, 0.3) is 11.5 Å². The molecular formula is C14H13F2N5O3S. The van der Waals surface area contributed by atoms with Crippen molar-refractivity contribution in [3.63, 3.8) is 0 Å². The van der Waals surface area contributed by atoms with E-state index < -0.39 is 22.3 Å². The van der Waals surface area contributed by atoms with Gasteiger partial charge in [0.15, 0.2) is 0 Å². The number of halogens is 2. The molecule has 0 bridgehead atoms. The molecule has 0 aromatic carbocycles. The summed E-state index contributed by atoms with van der Waals surface area (Å²) in [5, 5.41) is 6.67. The van der Waals surface area contributed by atoms with Crippen molar-refractivity contribution in [2.45, 2.75) is 6.43 Å². The molecule has 3 rings (SSSR count). The molecule has 0 saturated carbocycles. The van der Waals surface area contributed by atoms with E-state index in [0.717, 1.165) is 6.26 Å². The largest absolute Gasteiger partial charge is 0.415 e. The first-order chi connectivity index (χ1) is 11.8. The van der Waals surface area contributed by atoms with Crippen LogP contribution in [-0.4, -0.2) is 34.8 Å². The van der Waals surface area contributed by atoms with Crippen molar-refractivity contribution >= 4 is 15.7 Å². The van der Waals surface area contributed by atoms with Crippen molar-refractivity contribution in [1.82, 2.24) is 20.2 Å². The summed E-state index contributed by atoms with van der Waals surface area (Å²) in [7, 11) is -3.17. The fourth-order valence-corrected chi connectivity index (χ4v) is 2.11. The molecule has 0 amide bonds. The van der Waals surface area contributed by atoms with E-state index in [1.54, 1.807) is 36.7 Å². The van der Waals surface area contributed by atoms with E-state index in [4.69, 9.17) is 4.42 Å². The maximum absolute atomic E-state index is 12.1. The van der Waals surface area contributed by atoms with Crippen LogP contribution in [0.15, 0.2) is 53.5 Å². The predicted molar refractivity (Wildman–Crippen MR) is 85.2 cm³/mol. The zero-order chi connectivity index (χ0) is 18.3. The highest BCUT2D eigenvalue weighted by atomic mass is 32.2. The lowest BCUT2D eigenvalue weighted by atomic mass is 10.3. The van der Waals surface area contributed by atoms with Crippen LogP contribution in [0, 0.1) is 0 Å². The summed E-state index contributed by atoms with van der Waals surface area (Å²) in [4.78, 5) is 7.54.